The topological polar surface area (TPSA) is 55.9 Å². The molecule has 2 saturated heterocycles. The SMILES string of the molecule is C[C@@H](Cc1ccsc1)NC(=O)N1CCN(CC(=O)N2CCCC2)CC1. The molecule has 0 aliphatic carbocycles. The first-order chi connectivity index (χ1) is 12.1. The number of nitrogens with one attached hydrogen (secondary N) is 1. The van der Waals surface area contributed by atoms with Gasteiger partial charge in [-0.3, -0.25) is 9.69 Å². The van der Waals surface area contributed by atoms with Crippen molar-refractivity contribution in [2.24, 2.45) is 0 Å². The zero-order valence-electron chi connectivity index (χ0n) is 14.9. The number of carbonyl (C=O) groups is 2. The van der Waals surface area contributed by atoms with Gasteiger partial charge in [0.25, 0.3) is 0 Å². The van der Waals surface area contributed by atoms with Crippen LogP contribution in [0.2, 0.25) is 0 Å². The predicted molar refractivity (Wildman–Crippen MR) is 99.8 cm³/mol. The summed E-state index contributed by atoms with van der Waals surface area (Å²) in [7, 11) is 0. The Hall–Kier alpha value is -1.60. The molecule has 1 atom stereocenters. The summed E-state index contributed by atoms with van der Waals surface area (Å²) in [4.78, 5) is 30.6. The summed E-state index contributed by atoms with van der Waals surface area (Å²) in [6.45, 7) is 7.25. The minimum Gasteiger partial charge on any atom is -0.342 e. The van der Waals surface area contributed by atoms with Crippen LogP contribution in [0, 0.1) is 0 Å². The second kappa shape index (κ2) is 8.67. The van der Waals surface area contributed by atoms with Crippen LogP contribution in [0.15, 0.2) is 16.8 Å². The molecule has 7 heteroatoms. The number of carbonyl (C=O) groups excluding carboxylic acids is 2. The normalized spacial score (nSPS) is 19.9. The molecule has 3 heterocycles. The third-order valence-corrected chi connectivity index (χ3v) is 5.70. The maximum Gasteiger partial charge on any atom is 0.317 e. The zero-order chi connectivity index (χ0) is 17.6. The number of piperazine rings is 1. The van der Waals surface area contributed by atoms with Crippen LogP contribution >= 0.6 is 11.3 Å². The first kappa shape index (κ1) is 18.2. The molecule has 6 nitrogen and oxygen atoms in total. The van der Waals surface area contributed by atoms with Gasteiger partial charge in [0.1, 0.15) is 0 Å². The van der Waals surface area contributed by atoms with Gasteiger partial charge in [0.2, 0.25) is 5.91 Å². The van der Waals surface area contributed by atoms with Crippen LogP contribution < -0.4 is 5.32 Å². The number of thiophene rings is 1. The van der Waals surface area contributed by atoms with E-state index in [1.807, 2.05) is 16.7 Å². The Bertz CT molecular complexity index is 564. The number of urea groups is 1. The highest BCUT2D eigenvalue weighted by Gasteiger charge is 2.25. The van der Waals surface area contributed by atoms with Crippen molar-refractivity contribution in [1.82, 2.24) is 20.0 Å². The fraction of sp³-hybridized carbons (Fsp3) is 0.667. The molecule has 2 aliphatic heterocycles. The van der Waals surface area contributed by atoms with Crippen LogP contribution in [0.3, 0.4) is 0 Å². The van der Waals surface area contributed by atoms with E-state index in [0.29, 0.717) is 19.6 Å². The zero-order valence-corrected chi connectivity index (χ0v) is 15.8. The van der Waals surface area contributed by atoms with Gasteiger partial charge in [0, 0.05) is 45.3 Å². The Kier molecular flexibility index (Phi) is 6.31. The van der Waals surface area contributed by atoms with Gasteiger partial charge >= 0.3 is 6.03 Å². The van der Waals surface area contributed by atoms with Gasteiger partial charge < -0.3 is 15.1 Å². The number of likely N-dealkylation sites (tertiary alicyclic amines) is 1. The van der Waals surface area contributed by atoms with E-state index in [1.165, 1.54) is 5.56 Å². The lowest BCUT2D eigenvalue weighted by Gasteiger charge is -2.35. The summed E-state index contributed by atoms with van der Waals surface area (Å²) < 4.78 is 0. The van der Waals surface area contributed by atoms with Crippen molar-refractivity contribution in [3.05, 3.63) is 22.4 Å². The molecule has 3 rings (SSSR count). The molecule has 138 valence electrons. The van der Waals surface area contributed by atoms with Crippen LogP contribution in [0.4, 0.5) is 4.79 Å². The highest BCUT2D eigenvalue weighted by Crippen LogP contribution is 2.11. The van der Waals surface area contributed by atoms with Gasteiger partial charge in [-0.1, -0.05) is 0 Å². The molecule has 2 aliphatic rings. The van der Waals surface area contributed by atoms with Gasteiger partial charge in [-0.05, 0) is 48.6 Å². The molecule has 0 spiro atoms. The highest BCUT2D eigenvalue weighted by molar-refractivity contribution is 7.07. The van der Waals surface area contributed by atoms with E-state index in [-0.39, 0.29) is 18.0 Å². The molecule has 0 unspecified atom stereocenters. The van der Waals surface area contributed by atoms with Crippen molar-refractivity contribution < 1.29 is 9.59 Å². The summed E-state index contributed by atoms with van der Waals surface area (Å²) >= 11 is 1.68. The average molecular weight is 365 g/mol. The van der Waals surface area contributed by atoms with E-state index in [0.717, 1.165) is 45.4 Å². The van der Waals surface area contributed by atoms with E-state index >= 15 is 0 Å². The molecular weight excluding hydrogens is 336 g/mol. The third-order valence-electron chi connectivity index (χ3n) is 4.97. The molecule has 25 heavy (non-hydrogen) atoms. The van der Waals surface area contributed by atoms with Crippen LogP contribution in [0.25, 0.3) is 0 Å². The van der Waals surface area contributed by atoms with Gasteiger partial charge in [-0.15, -0.1) is 0 Å². The van der Waals surface area contributed by atoms with Crippen molar-refractivity contribution in [1.29, 1.82) is 0 Å². The Morgan fingerprint density at radius 2 is 1.84 bits per heavy atom. The molecule has 0 aromatic carbocycles. The second-order valence-corrected chi connectivity index (χ2v) is 7.82. The fourth-order valence-electron chi connectivity index (χ4n) is 3.48. The van der Waals surface area contributed by atoms with Crippen LogP contribution in [0.1, 0.15) is 25.3 Å². The van der Waals surface area contributed by atoms with Gasteiger partial charge in [-0.2, -0.15) is 11.3 Å². The van der Waals surface area contributed by atoms with Gasteiger partial charge in [0.05, 0.1) is 6.54 Å². The first-order valence-electron chi connectivity index (χ1n) is 9.18. The van der Waals surface area contributed by atoms with E-state index in [1.54, 1.807) is 11.3 Å². The lowest BCUT2D eigenvalue weighted by atomic mass is 10.1. The minimum absolute atomic E-state index is 0.00764. The number of hydrogen-bond acceptors (Lipinski definition) is 4. The average Bonchev–Trinajstić information content (AvgIpc) is 3.29. The molecule has 0 saturated carbocycles. The molecule has 3 amide bonds. The van der Waals surface area contributed by atoms with Crippen molar-refractivity contribution in [3.63, 3.8) is 0 Å². The lowest BCUT2D eigenvalue weighted by Crippen LogP contribution is -2.54. The fourth-order valence-corrected chi connectivity index (χ4v) is 4.16. The summed E-state index contributed by atoms with van der Waals surface area (Å²) in [6.07, 6.45) is 3.12. The van der Waals surface area contributed by atoms with Crippen molar-refractivity contribution >= 4 is 23.3 Å². The summed E-state index contributed by atoms with van der Waals surface area (Å²) in [5, 5.41) is 7.27. The van der Waals surface area contributed by atoms with Crippen molar-refractivity contribution in [2.45, 2.75) is 32.2 Å². The van der Waals surface area contributed by atoms with Crippen molar-refractivity contribution in [3.8, 4) is 0 Å². The predicted octanol–water partition coefficient (Wildman–Crippen LogP) is 1.63. The summed E-state index contributed by atoms with van der Waals surface area (Å²) in [5.41, 5.74) is 1.27. The second-order valence-electron chi connectivity index (χ2n) is 7.04. The summed E-state index contributed by atoms with van der Waals surface area (Å²) in [6, 6.07) is 2.23. The number of rotatable bonds is 5. The number of nitrogens with zero attached hydrogens (tertiary/aromatic N) is 3. The number of amides is 3. The third kappa shape index (κ3) is 5.19. The van der Waals surface area contributed by atoms with Crippen molar-refractivity contribution in [2.75, 3.05) is 45.8 Å². The molecule has 1 aromatic heterocycles. The molecule has 0 bridgehead atoms. The lowest BCUT2D eigenvalue weighted by molar-refractivity contribution is -0.131. The quantitative estimate of drug-likeness (QED) is 0.864. The molecule has 1 aromatic rings. The smallest absolute Gasteiger partial charge is 0.317 e. The van der Waals surface area contributed by atoms with E-state index in [4.69, 9.17) is 0 Å². The first-order valence-corrected chi connectivity index (χ1v) is 10.1. The van der Waals surface area contributed by atoms with Crippen LogP contribution in [-0.4, -0.2) is 78.5 Å². The monoisotopic (exact) mass is 364 g/mol. The molecule has 2 fully saturated rings. The standard InChI is InChI=1S/C18H28N4O2S/c1-15(12-16-4-11-25-14-16)19-18(24)22-9-7-20(8-10-22)13-17(23)21-5-2-3-6-21/h4,11,14-15H,2-3,5-10,12-13H2,1H3,(H,19,24)/t15-/m0/s1. The maximum atomic E-state index is 12.4. The Morgan fingerprint density at radius 1 is 1.12 bits per heavy atom. The highest BCUT2D eigenvalue weighted by atomic mass is 32.1. The van der Waals surface area contributed by atoms with Crippen LogP contribution in [0.5, 0.6) is 0 Å². The molecule has 1 N–H and O–H groups in total. The van der Waals surface area contributed by atoms with Gasteiger partial charge in [-0.25, -0.2) is 4.79 Å². The Balaban J connectivity index is 1.37. The van der Waals surface area contributed by atoms with Gasteiger partial charge in [0.15, 0.2) is 0 Å². The van der Waals surface area contributed by atoms with E-state index in [9.17, 15) is 9.59 Å². The number of hydrogen-bond donors (Lipinski definition) is 1. The van der Waals surface area contributed by atoms with E-state index < -0.39 is 0 Å². The molecule has 0 radical (unpaired) electrons. The largest absolute Gasteiger partial charge is 0.342 e. The Morgan fingerprint density at radius 3 is 2.48 bits per heavy atom. The van der Waals surface area contributed by atoms with Crippen LogP contribution in [-0.2, 0) is 11.2 Å². The molecular formula is C18H28N4O2S. The Labute approximate surface area is 153 Å². The summed E-state index contributed by atoms with van der Waals surface area (Å²) in [5.74, 6) is 0.236. The maximum absolute atomic E-state index is 12.4. The minimum atomic E-state index is 0.00764. The van der Waals surface area contributed by atoms with E-state index in [2.05, 4.69) is 27.0 Å².